The Morgan fingerprint density at radius 2 is 2.22 bits per heavy atom. The van der Waals surface area contributed by atoms with Gasteiger partial charge < -0.3 is 5.11 Å². The fraction of sp³-hybridized carbons (Fsp3) is 0.154. The number of aliphatic carboxylic acids is 1. The number of aromatic nitrogens is 2. The lowest BCUT2D eigenvalue weighted by atomic mass is 10.0. The monoisotopic (exact) mass is 246 g/mol. The molecular formula is C13H11FN2O2. The summed E-state index contributed by atoms with van der Waals surface area (Å²) >= 11 is 0. The Kier molecular flexibility index (Phi) is 3.32. The topological polar surface area (TPSA) is 63.1 Å². The minimum atomic E-state index is -0.954. The van der Waals surface area contributed by atoms with Crippen LogP contribution in [0.5, 0.6) is 0 Å². The van der Waals surface area contributed by atoms with Crippen LogP contribution < -0.4 is 0 Å². The van der Waals surface area contributed by atoms with Crippen molar-refractivity contribution in [2.45, 2.75) is 13.3 Å². The number of halogens is 1. The van der Waals surface area contributed by atoms with Gasteiger partial charge in [0.15, 0.2) is 0 Å². The van der Waals surface area contributed by atoms with Crippen molar-refractivity contribution in [2.24, 2.45) is 0 Å². The van der Waals surface area contributed by atoms with Crippen LogP contribution in [0.25, 0.3) is 11.3 Å². The van der Waals surface area contributed by atoms with E-state index in [0.29, 0.717) is 22.4 Å². The van der Waals surface area contributed by atoms with E-state index in [1.54, 1.807) is 19.1 Å². The molecule has 0 saturated carbocycles. The Morgan fingerprint density at radius 3 is 2.89 bits per heavy atom. The lowest BCUT2D eigenvalue weighted by Crippen LogP contribution is -2.04. The molecule has 1 heterocycles. The number of benzene rings is 1. The largest absolute Gasteiger partial charge is 0.481 e. The Balaban J connectivity index is 2.49. The zero-order chi connectivity index (χ0) is 13.1. The third kappa shape index (κ3) is 2.51. The van der Waals surface area contributed by atoms with Crippen LogP contribution in [0.15, 0.2) is 30.7 Å². The van der Waals surface area contributed by atoms with Crippen molar-refractivity contribution in [1.29, 1.82) is 0 Å². The number of nitrogens with zero attached hydrogens (tertiary/aromatic N) is 2. The first-order valence-electron chi connectivity index (χ1n) is 5.35. The van der Waals surface area contributed by atoms with Crippen LogP contribution in [0.2, 0.25) is 0 Å². The van der Waals surface area contributed by atoms with E-state index in [2.05, 4.69) is 9.97 Å². The molecule has 0 atom stereocenters. The Morgan fingerprint density at radius 1 is 1.44 bits per heavy atom. The van der Waals surface area contributed by atoms with E-state index in [0.717, 1.165) is 0 Å². The van der Waals surface area contributed by atoms with Crippen LogP contribution in [-0.2, 0) is 11.2 Å². The summed E-state index contributed by atoms with van der Waals surface area (Å²) in [6, 6.07) is 4.57. The van der Waals surface area contributed by atoms with E-state index in [1.165, 1.54) is 18.6 Å². The molecule has 0 radical (unpaired) electrons. The van der Waals surface area contributed by atoms with Gasteiger partial charge in [0, 0.05) is 17.3 Å². The first kappa shape index (κ1) is 12.2. The number of rotatable bonds is 3. The summed E-state index contributed by atoms with van der Waals surface area (Å²) in [7, 11) is 0. The van der Waals surface area contributed by atoms with Crippen molar-refractivity contribution in [3.05, 3.63) is 47.7 Å². The maximum absolute atomic E-state index is 13.2. The molecule has 0 saturated heterocycles. The lowest BCUT2D eigenvalue weighted by molar-refractivity contribution is -0.136. The summed E-state index contributed by atoms with van der Waals surface area (Å²) < 4.78 is 13.2. The molecule has 4 nitrogen and oxygen atoms in total. The van der Waals surface area contributed by atoms with E-state index < -0.39 is 5.97 Å². The summed E-state index contributed by atoms with van der Waals surface area (Å²) in [5.41, 5.74) is 2.21. The normalized spacial score (nSPS) is 10.3. The predicted molar refractivity (Wildman–Crippen MR) is 63.5 cm³/mol. The standard InChI is InChI=1S/C13H11FN2O2/c1-8-4-9(2-3-11(8)14)13-10(5-12(17)18)6-15-7-16-13/h2-4,6-7H,5H2,1H3,(H,17,18). The van der Waals surface area contributed by atoms with Crippen LogP contribution in [0.4, 0.5) is 4.39 Å². The van der Waals surface area contributed by atoms with E-state index in [-0.39, 0.29) is 12.2 Å². The first-order valence-corrected chi connectivity index (χ1v) is 5.35. The molecule has 2 aromatic rings. The van der Waals surface area contributed by atoms with Crippen molar-refractivity contribution in [3.63, 3.8) is 0 Å². The molecule has 0 aliphatic carbocycles. The second kappa shape index (κ2) is 4.91. The molecule has 0 amide bonds. The quantitative estimate of drug-likeness (QED) is 0.901. The highest BCUT2D eigenvalue weighted by molar-refractivity contribution is 5.74. The van der Waals surface area contributed by atoms with Crippen molar-refractivity contribution in [1.82, 2.24) is 9.97 Å². The minimum Gasteiger partial charge on any atom is -0.481 e. The Hall–Kier alpha value is -2.30. The number of aryl methyl sites for hydroxylation is 1. The molecule has 0 spiro atoms. The van der Waals surface area contributed by atoms with Gasteiger partial charge in [-0.25, -0.2) is 14.4 Å². The van der Waals surface area contributed by atoms with E-state index in [9.17, 15) is 9.18 Å². The lowest BCUT2D eigenvalue weighted by Gasteiger charge is -2.07. The second-order valence-electron chi connectivity index (χ2n) is 3.93. The molecule has 1 N–H and O–H groups in total. The highest BCUT2D eigenvalue weighted by Gasteiger charge is 2.11. The second-order valence-corrected chi connectivity index (χ2v) is 3.93. The predicted octanol–water partition coefficient (Wildman–Crippen LogP) is 2.22. The zero-order valence-electron chi connectivity index (χ0n) is 9.72. The summed E-state index contributed by atoms with van der Waals surface area (Å²) in [4.78, 5) is 18.6. The molecule has 0 aliphatic heterocycles. The maximum Gasteiger partial charge on any atom is 0.307 e. The first-order chi connectivity index (χ1) is 8.58. The van der Waals surface area contributed by atoms with Gasteiger partial charge in [-0.15, -0.1) is 0 Å². The molecular weight excluding hydrogens is 235 g/mol. The Labute approximate surface area is 103 Å². The van der Waals surface area contributed by atoms with Crippen molar-refractivity contribution in [3.8, 4) is 11.3 Å². The molecule has 18 heavy (non-hydrogen) atoms. The van der Waals surface area contributed by atoms with E-state index >= 15 is 0 Å². The van der Waals surface area contributed by atoms with Crippen LogP contribution in [0, 0.1) is 12.7 Å². The van der Waals surface area contributed by atoms with Gasteiger partial charge in [0.2, 0.25) is 0 Å². The van der Waals surface area contributed by atoms with Gasteiger partial charge in [-0.1, -0.05) is 0 Å². The fourth-order valence-corrected chi connectivity index (χ4v) is 1.70. The van der Waals surface area contributed by atoms with Crippen molar-refractivity contribution in [2.75, 3.05) is 0 Å². The van der Waals surface area contributed by atoms with Crippen LogP contribution in [0.1, 0.15) is 11.1 Å². The van der Waals surface area contributed by atoms with Gasteiger partial charge in [0.1, 0.15) is 12.1 Å². The highest BCUT2D eigenvalue weighted by Crippen LogP contribution is 2.23. The van der Waals surface area contributed by atoms with Crippen molar-refractivity contribution >= 4 is 5.97 Å². The third-order valence-corrected chi connectivity index (χ3v) is 2.56. The minimum absolute atomic E-state index is 0.160. The average molecular weight is 246 g/mol. The molecule has 0 fully saturated rings. The highest BCUT2D eigenvalue weighted by atomic mass is 19.1. The molecule has 2 rings (SSSR count). The summed E-state index contributed by atoms with van der Waals surface area (Å²) in [5.74, 6) is -1.25. The van der Waals surface area contributed by atoms with Crippen LogP contribution in [-0.4, -0.2) is 21.0 Å². The van der Waals surface area contributed by atoms with Gasteiger partial charge in [-0.2, -0.15) is 0 Å². The number of carbonyl (C=O) groups is 1. The molecule has 0 aliphatic rings. The SMILES string of the molecule is Cc1cc(-c2ncncc2CC(=O)O)ccc1F. The molecule has 1 aromatic heterocycles. The number of carboxylic acids is 1. The van der Waals surface area contributed by atoms with Crippen molar-refractivity contribution < 1.29 is 14.3 Å². The van der Waals surface area contributed by atoms with Gasteiger partial charge >= 0.3 is 5.97 Å². The van der Waals surface area contributed by atoms with E-state index in [4.69, 9.17) is 5.11 Å². The number of hydrogen-bond donors (Lipinski definition) is 1. The van der Waals surface area contributed by atoms with E-state index in [1.807, 2.05) is 0 Å². The third-order valence-electron chi connectivity index (χ3n) is 2.56. The zero-order valence-corrected chi connectivity index (χ0v) is 9.72. The molecule has 0 unspecified atom stereocenters. The number of carboxylic acid groups (broad SMARTS) is 1. The summed E-state index contributed by atoms with van der Waals surface area (Å²) in [5, 5.41) is 8.82. The molecule has 92 valence electrons. The van der Waals surface area contributed by atoms with Gasteiger partial charge in [-0.3, -0.25) is 4.79 Å². The number of hydrogen-bond acceptors (Lipinski definition) is 3. The van der Waals surface area contributed by atoms with Crippen LogP contribution >= 0.6 is 0 Å². The van der Waals surface area contributed by atoms with Gasteiger partial charge in [0.25, 0.3) is 0 Å². The summed E-state index contributed by atoms with van der Waals surface area (Å²) in [6.45, 7) is 1.65. The van der Waals surface area contributed by atoms with Crippen LogP contribution in [0.3, 0.4) is 0 Å². The Bertz CT molecular complexity index is 599. The molecule has 1 aromatic carbocycles. The smallest absolute Gasteiger partial charge is 0.307 e. The van der Waals surface area contributed by atoms with Gasteiger partial charge in [-0.05, 0) is 30.7 Å². The fourth-order valence-electron chi connectivity index (χ4n) is 1.70. The summed E-state index contributed by atoms with van der Waals surface area (Å²) in [6.07, 6.45) is 2.65. The van der Waals surface area contributed by atoms with Gasteiger partial charge in [0.05, 0.1) is 12.1 Å². The molecule has 5 heteroatoms. The average Bonchev–Trinajstić information content (AvgIpc) is 2.33. The molecule has 0 bridgehead atoms. The maximum atomic E-state index is 13.2.